The van der Waals surface area contributed by atoms with Gasteiger partial charge in [0.15, 0.2) is 0 Å². The van der Waals surface area contributed by atoms with Crippen LogP contribution in [0.15, 0.2) is 77.3 Å². The molecule has 6 N–H and O–H groups in total. The van der Waals surface area contributed by atoms with Crippen molar-refractivity contribution in [2.75, 3.05) is 38.1 Å². The molecule has 11 nitrogen and oxygen atoms in total. The van der Waals surface area contributed by atoms with Crippen molar-refractivity contribution >= 4 is 29.4 Å². The van der Waals surface area contributed by atoms with Crippen molar-refractivity contribution in [3.63, 3.8) is 0 Å². The zero-order valence-electron chi connectivity index (χ0n) is 29.7. The fourth-order valence-electron chi connectivity index (χ4n) is 6.79. The van der Waals surface area contributed by atoms with Crippen LogP contribution in [-0.4, -0.2) is 87.8 Å². The highest BCUT2D eigenvalue weighted by atomic mass is 35.5. The Morgan fingerprint density at radius 3 is 2.19 bits per heavy atom. The van der Waals surface area contributed by atoms with Gasteiger partial charge in [0.1, 0.15) is 11.6 Å². The summed E-state index contributed by atoms with van der Waals surface area (Å²) >= 11 is 6.02. The van der Waals surface area contributed by atoms with Gasteiger partial charge < -0.3 is 36.2 Å². The summed E-state index contributed by atoms with van der Waals surface area (Å²) in [6.45, 7) is 2.61. The molecule has 0 saturated carbocycles. The summed E-state index contributed by atoms with van der Waals surface area (Å²) in [6.07, 6.45) is 4.73. The van der Waals surface area contributed by atoms with Crippen LogP contribution in [0.3, 0.4) is 0 Å². The van der Waals surface area contributed by atoms with E-state index in [1.54, 1.807) is 53.4 Å². The van der Waals surface area contributed by atoms with Crippen LogP contribution in [0.1, 0.15) is 49.7 Å². The molecule has 2 fully saturated rings. The highest BCUT2D eigenvalue weighted by Gasteiger charge is 2.30. The van der Waals surface area contributed by atoms with Gasteiger partial charge in [0.05, 0.1) is 0 Å². The van der Waals surface area contributed by atoms with E-state index in [2.05, 4.69) is 15.5 Å². The Morgan fingerprint density at radius 1 is 0.906 bits per heavy atom. The number of nitrogens with one attached hydrogen (secondary N) is 1. The van der Waals surface area contributed by atoms with Crippen molar-refractivity contribution in [1.29, 1.82) is 0 Å². The number of halogens is 3. The number of carbonyl (C=O) groups excluding carboxylic acids is 2. The van der Waals surface area contributed by atoms with Crippen LogP contribution in [-0.2, 0) is 22.4 Å². The van der Waals surface area contributed by atoms with Gasteiger partial charge in [-0.05, 0) is 79.8 Å². The van der Waals surface area contributed by atoms with Gasteiger partial charge >= 0.3 is 6.01 Å². The normalized spacial score (nSPS) is 18.2. The quantitative estimate of drug-likeness (QED) is 0.144. The topological polar surface area (TPSA) is 164 Å². The maximum absolute atomic E-state index is 13.9. The van der Waals surface area contributed by atoms with E-state index in [9.17, 15) is 23.5 Å². The van der Waals surface area contributed by atoms with E-state index in [4.69, 9.17) is 27.6 Å². The highest BCUT2D eigenvalue weighted by Crippen LogP contribution is 2.23. The molecule has 53 heavy (non-hydrogen) atoms. The zero-order valence-corrected chi connectivity index (χ0v) is 30.4. The van der Waals surface area contributed by atoms with Crippen molar-refractivity contribution in [3.05, 3.63) is 101 Å². The Hall–Kier alpha value is -4.43. The second kappa shape index (κ2) is 19.6. The number of aliphatic hydroxyl groups is 1. The third-order valence-electron chi connectivity index (χ3n) is 9.58. The number of nitrogens with zero attached hydrogens (tertiary/aromatic N) is 4. The molecular weight excluding hydrogens is 704 g/mol. The van der Waals surface area contributed by atoms with E-state index in [1.165, 1.54) is 12.1 Å². The van der Waals surface area contributed by atoms with Crippen LogP contribution < -0.4 is 16.8 Å². The van der Waals surface area contributed by atoms with Gasteiger partial charge in [-0.15, -0.1) is 0 Å². The second-order valence-corrected chi connectivity index (χ2v) is 14.2. The van der Waals surface area contributed by atoms with E-state index in [0.29, 0.717) is 54.4 Å². The standard InChI is InChI=1S/C23H25ClFN5O2.C16H23FN2O2/c24-17-7-3-6-16(11-17)22-28-23(32-29-22)27-14-19-8-4-10-30(19)21(31)13-18(26)12-15-5-1-2-9-20(15)25;17-15-6-2-1-5-13(15)8-14(18)9-16(21)19-7-3-4-12(10-19)11-20/h1-3,5-7,9,11,18-19H,4,8,10,12-14,26H2,(H,27,28,29);1-2,5-6,12,14,20H,3-4,7-11,18H2/t18-,19+;12?,14-/m11/s1. The molecule has 0 aliphatic carbocycles. The molecular formula is C39H48ClF2N7O4. The van der Waals surface area contributed by atoms with Gasteiger partial charge in [-0.3, -0.25) is 9.59 Å². The lowest BCUT2D eigenvalue weighted by molar-refractivity contribution is -0.134. The third kappa shape index (κ3) is 11.8. The average molecular weight is 752 g/mol. The van der Waals surface area contributed by atoms with Crippen LogP contribution in [0.4, 0.5) is 14.8 Å². The smallest absolute Gasteiger partial charge is 0.321 e. The molecule has 2 aliphatic heterocycles. The van der Waals surface area contributed by atoms with Gasteiger partial charge in [0.2, 0.25) is 17.6 Å². The lowest BCUT2D eigenvalue weighted by atomic mass is 9.97. The molecule has 3 aromatic carbocycles. The van der Waals surface area contributed by atoms with E-state index in [0.717, 1.165) is 37.8 Å². The first-order valence-corrected chi connectivity index (χ1v) is 18.5. The number of likely N-dealkylation sites (tertiary alicyclic amines) is 2. The Morgan fingerprint density at radius 2 is 1.55 bits per heavy atom. The first-order chi connectivity index (χ1) is 25.6. The number of rotatable bonds is 13. The van der Waals surface area contributed by atoms with Crippen molar-refractivity contribution in [2.45, 2.75) is 69.5 Å². The third-order valence-corrected chi connectivity index (χ3v) is 9.81. The average Bonchev–Trinajstić information content (AvgIpc) is 3.83. The summed E-state index contributed by atoms with van der Waals surface area (Å²) in [5.74, 6) is 0.00769. The van der Waals surface area contributed by atoms with Gasteiger partial charge in [0.25, 0.3) is 0 Å². The van der Waals surface area contributed by atoms with Crippen molar-refractivity contribution in [2.24, 2.45) is 17.4 Å². The summed E-state index contributed by atoms with van der Waals surface area (Å²) < 4.78 is 32.7. The van der Waals surface area contributed by atoms with Gasteiger partial charge in [-0.1, -0.05) is 65.3 Å². The molecule has 2 saturated heterocycles. The number of anilines is 1. The zero-order chi connectivity index (χ0) is 37.7. The van der Waals surface area contributed by atoms with Crippen molar-refractivity contribution in [3.8, 4) is 11.4 Å². The van der Waals surface area contributed by atoms with Gasteiger partial charge in [0, 0.05) is 74.3 Å². The fourth-order valence-corrected chi connectivity index (χ4v) is 6.98. The van der Waals surface area contributed by atoms with E-state index < -0.39 is 6.04 Å². The highest BCUT2D eigenvalue weighted by molar-refractivity contribution is 6.30. The summed E-state index contributed by atoms with van der Waals surface area (Å²) in [7, 11) is 0. The number of amides is 2. The molecule has 14 heteroatoms. The minimum absolute atomic E-state index is 0.00279. The molecule has 1 aromatic heterocycles. The lowest BCUT2D eigenvalue weighted by Gasteiger charge is -2.32. The number of piperidine rings is 1. The molecule has 1 unspecified atom stereocenters. The number of nitrogens with two attached hydrogens (primary N) is 2. The number of carbonyl (C=O) groups is 2. The predicted molar refractivity (Wildman–Crippen MR) is 200 cm³/mol. The largest absolute Gasteiger partial charge is 0.396 e. The van der Waals surface area contributed by atoms with Crippen LogP contribution in [0.2, 0.25) is 5.02 Å². The second-order valence-electron chi connectivity index (χ2n) is 13.7. The van der Waals surface area contributed by atoms with Crippen LogP contribution >= 0.6 is 11.6 Å². The maximum atomic E-state index is 13.9. The van der Waals surface area contributed by atoms with Gasteiger partial charge in [-0.25, -0.2) is 8.78 Å². The van der Waals surface area contributed by atoms with E-state index in [1.807, 2.05) is 17.0 Å². The summed E-state index contributed by atoms with van der Waals surface area (Å²) in [6, 6.07) is 19.7. The molecule has 3 heterocycles. The van der Waals surface area contributed by atoms with Gasteiger partial charge in [-0.2, -0.15) is 4.98 Å². The Kier molecular flexibility index (Phi) is 14.7. The Bertz CT molecular complexity index is 1800. The van der Waals surface area contributed by atoms with E-state index in [-0.39, 0.29) is 66.9 Å². The van der Waals surface area contributed by atoms with Crippen LogP contribution in [0.5, 0.6) is 0 Å². The summed E-state index contributed by atoms with van der Waals surface area (Å²) in [5, 5.41) is 16.9. The number of aromatic nitrogens is 2. The lowest BCUT2D eigenvalue weighted by Crippen LogP contribution is -2.43. The maximum Gasteiger partial charge on any atom is 0.321 e. The molecule has 4 aromatic rings. The molecule has 284 valence electrons. The minimum atomic E-state index is -0.440. The molecule has 4 atom stereocenters. The van der Waals surface area contributed by atoms with E-state index >= 15 is 0 Å². The predicted octanol–water partition coefficient (Wildman–Crippen LogP) is 5.21. The first-order valence-electron chi connectivity index (χ1n) is 18.1. The molecule has 0 radical (unpaired) electrons. The fraction of sp³-hybridized carbons (Fsp3) is 0.436. The Labute approximate surface area is 313 Å². The first kappa shape index (κ1) is 39.8. The minimum Gasteiger partial charge on any atom is -0.396 e. The monoisotopic (exact) mass is 751 g/mol. The number of hydrogen-bond donors (Lipinski definition) is 4. The number of benzene rings is 3. The SMILES string of the molecule is N[C@@H](CC(=O)N1CCCC(CO)C1)Cc1ccccc1F.N[C@@H](CC(=O)N1CCC[C@H]1CNc1nc(-c2cccc(Cl)c2)no1)Cc1ccccc1F. The molecule has 6 rings (SSSR count). The molecule has 2 aliphatic rings. The molecule has 0 bridgehead atoms. The van der Waals surface area contributed by atoms with Crippen LogP contribution in [0.25, 0.3) is 11.4 Å². The molecule has 0 spiro atoms. The summed E-state index contributed by atoms with van der Waals surface area (Å²) in [5.41, 5.74) is 14.0. The summed E-state index contributed by atoms with van der Waals surface area (Å²) in [4.78, 5) is 33.0. The van der Waals surface area contributed by atoms with Crippen molar-refractivity contribution < 1.29 is 28.0 Å². The number of aliphatic hydroxyl groups excluding tert-OH is 1. The molecule has 2 amide bonds. The Balaban J connectivity index is 0.000000224. The number of hydrogen-bond acceptors (Lipinski definition) is 9. The van der Waals surface area contributed by atoms with Crippen LogP contribution in [0, 0.1) is 17.6 Å². The van der Waals surface area contributed by atoms with Crippen molar-refractivity contribution in [1.82, 2.24) is 19.9 Å².